The number of carbonyl (C=O) groups excluding carboxylic acids is 1. The number of carbonyl (C=O) groups is 1. The van der Waals surface area contributed by atoms with Crippen LogP contribution in [0.25, 0.3) is 0 Å². The van der Waals surface area contributed by atoms with Crippen LogP contribution in [0.4, 0.5) is 10.8 Å². The van der Waals surface area contributed by atoms with Crippen molar-refractivity contribution in [1.82, 2.24) is 9.88 Å². The summed E-state index contributed by atoms with van der Waals surface area (Å²) in [6, 6.07) is 13.1. The van der Waals surface area contributed by atoms with Gasteiger partial charge in [-0.25, -0.2) is 4.98 Å². The van der Waals surface area contributed by atoms with E-state index in [0.29, 0.717) is 16.4 Å². The molecule has 4 rings (SSSR count). The van der Waals surface area contributed by atoms with E-state index in [4.69, 9.17) is 4.74 Å². The summed E-state index contributed by atoms with van der Waals surface area (Å²) in [5.74, 6) is 0.794. The Kier molecular flexibility index (Phi) is 6.92. The Labute approximate surface area is 192 Å². The standard InChI is InChI=1S/C24H28N4O3S/c1-17(2)31-22-14-18(13-19(15-22)23(30)26-24-25-7-12-32-24)16-27-8-10-28(11-9-27)20-3-5-21(29)6-4-20/h3-7,12-15,17,29H,8-11,16H2,1-2H3,(H,25,26,30). The maximum Gasteiger partial charge on any atom is 0.257 e. The molecule has 2 heterocycles. The van der Waals surface area contributed by atoms with Gasteiger partial charge in [0.25, 0.3) is 5.91 Å². The van der Waals surface area contributed by atoms with Gasteiger partial charge in [-0.2, -0.15) is 0 Å². The number of aromatic hydroxyl groups is 1. The molecule has 2 N–H and O–H groups in total. The number of amides is 1. The topological polar surface area (TPSA) is 77.9 Å². The molecule has 1 amide bonds. The van der Waals surface area contributed by atoms with Gasteiger partial charge in [0.2, 0.25) is 0 Å². The average molecular weight is 453 g/mol. The van der Waals surface area contributed by atoms with Crippen LogP contribution in [0.2, 0.25) is 0 Å². The Hall–Kier alpha value is -3.10. The fraction of sp³-hybridized carbons (Fsp3) is 0.333. The fourth-order valence-corrected chi connectivity index (χ4v) is 4.29. The van der Waals surface area contributed by atoms with Gasteiger partial charge >= 0.3 is 0 Å². The number of nitrogens with zero attached hydrogens (tertiary/aromatic N) is 3. The molecule has 3 aromatic rings. The van der Waals surface area contributed by atoms with E-state index in [1.165, 1.54) is 11.3 Å². The molecule has 1 saturated heterocycles. The molecule has 8 heteroatoms. The van der Waals surface area contributed by atoms with E-state index < -0.39 is 0 Å². The highest BCUT2D eigenvalue weighted by atomic mass is 32.1. The predicted molar refractivity (Wildman–Crippen MR) is 128 cm³/mol. The van der Waals surface area contributed by atoms with Gasteiger partial charge in [-0.15, -0.1) is 11.3 Å². The van der Waals surface area contributed by atoms with Crippen LogP contribution in [0.15, 0.2) is 54.0 Å². The minimum Gasteiger partial charge on any atom is -0.508 e. The number of rotatable bonds is 7. The summed E-state index contributed by atoms with van der Waals surface area (Å²) < 4.78 is 5.91. The third-order valence-corrected chi connectivity index (χ3v) is 5.93. The lowest BCUT2D eigenvalue weighted by Crippen LogP contribution is -2.45. The zero-order valence-electron chi connectivity index (χ0n) is 18.3. The molecule has 1 aliphatic rings. The molecule has 0 spiro atoms. The fourth-order valence-electron chi connectivity index (χ4n) is 3.76. The van der Waals surface area contributed by atoms with E-state index in [1.54, 1.807) is 24.4 Å². The van der Waals surface area contributed by atoms with Crippen LogP contribution in [0.1, 0.15) is 29.8 Å². The first kappa shape index (κ1) is 22.1. The largest absolute Gasteiger partial charge is 0.508 e. The smallest absolute Gasteiger partial charge is 0.257 e. The lowest BCUT2D eigenvalue weighted by atomic mass is 10.1. The van der Waals surface area contributed by atoms with Crippen LogP contribution in [-0.2, 0) is 6.54 Å². The predicted octanol–water partition coefficient (Wildman–Crippen LogP) is 4.21. The monoisotopic (exact) mass is 452 g/mol. The van der Waals surface area contributed by atoms with Crippen molar-refractivity contribution in [2.75, 3.05) is 36.4 Å². The van der Waals surface area contributed by atoms with Gasteiger partial charge in [0.05, 0.1) is 6.10 Å². The number of hydrogen-bond donors (Lipinski definition) is 2. The van der Waals surface area contributed by atoms with Crippen molar-refractivity contribution >= 4 is 28.1 Å². The summed E-state index contributed by atoms with van der Waals surface area (Å²) >= 11 is 1.39. The number of thiazole rings is 1. The van der Waals surface area contributed by atoms with E-state index in [1.807, 2.05) is 43.5 Å². The Morgan fingerprint density at radius 1 is 1.16 bits per heavy atom. The molecule has 0 bridgehead atoms. The van der Waals surface area contributed by atoms with Crippen LogP contribution < -0.4 is 15.0 Å². The van der Waals surface area contributed by atoms with Gasteiger partial charge in [0.15, 0.2) is 5.13 Å². The highest BCUT2D eigenvalue weighted by Gasteiger charge is 2.19. The van der Waals surface area contributed by atoms with Gasteiger partial charge < -0.3 is 14.7 Å². The maximum absolute atomic E-state index is 12.8. The van der Waals surface area contributed by atoms with Crippen molar-refractivity contribution in [2.45, 2.75) is 26.5 Å². The molecule has 1 fully saturated rings. The minimum atomic E-state index is -0.187. The molecule has 1 aliphatic heterocycles. The molecule has 0 atom stereocenters. The number of phenolic OH excluding ortho intramolecular Hbond substituents is 1. The molecule has 0 unspecified atom stereocenters. The summed E-state index contributed by atoms with van der Waals surface area (Å²) in [4.78, 5) is 21.6. The summed E-state index contributed by atoms with van der Waals surface area (Å²) in [5.41, 5.74) is 2.73. The zero-order valence-corrected chi connectivity index (χ0v) is 19.1. The van der Waals surface area contributed by atoms with Crippen LogP contribution >= 0.6 is 11.3 Å². The molecule has 2 aromatic carbocycles. The molecule has 1 aromatic heterocycles. The first-order valence-corrected chi connectivity index (χ1v) is 11.6. The van der Waals surface area contributed by atoms with E-state index in [9.17, 15) is 9.90 Å². The number of aromatic nitrogens is 1. The van der Waals surface area contributed by atoms with Gasteiger partial charge in [-0.05, 0) is 61.9 Å². The Bertz CT molecular complexity index is 1030. The van der Waals surface area contributed by atoms with Gasteiger partial charge in [-0.1, -0.05) is 0 Å². The maximum atomic E-state index is 12.8. The normalized spacial score (nSPS) is 14.5. The van der Waals surface area contributed by atoms with Crippen LogP contribution in [-0.4, -0.2) is 53.2 Å². The molecule has 0 aliphatic carbocycles. The van der Waals surface area contributed by atoms with Crippen LogP contribution in [0.5, 0.6) is 11.5 Å². The van der Waals surface area contributed by atoms with E-state index in [2.05, 4.69) is 20.1 Å². The Balaban J connectivity index is 1.44. The summed E-state index contributed by atoms with van der Waals surface area (Å²) in [6.07, 6.45) is 1.69. The van der Waals surface area contributed by atoms with E-state index >= 15 is 0 Å². The number of ether oxygens (including phenoxy) is 1. The Morgan fingerprint density at radius 3 is 2.56 bits per heavy atom. The van der Waals surface area contributed by atoms with Crippen molar-refractivity contribution < 1.29 is 14.6 Å². The molecule has 0 saturated carbocycles. The lowest BCUT2D eigenvalue weighted by molar-refractivity contribution is 0.102. The molecular formula is C24H28N4O3S. The third-order valence-electron chi connectivity index (χ3n) is 5.25. The first-order valence-electron chi connectivity index (χ1n) is 10.7. The van der Waals surface area contributed by atoms with Crippen molar-refractivity contribution in [3.63, 3.8) is 0 Å². The van der Waals surface area contributed by atoms with Gasteiger partial charge in [0, 0.05) is 55.6 Å². The summed E-state index contributed by atoms with van der Waals surface area (Å²) in [5, 5.41) is 14.8. The summed E-state index contributed by atoms with van der Waals surface area (Å²) in [7, 11) is 0. The highest BCUT2D eigenvalue weighted by Crippen LogP contribution is 2.24. The van der Waals surface area contributed by atoms with Crippen molar-refractivity contribution in [3.05, 3.63) is 65.2 Å². The zero-order chi connectivity index (χ0) is 22.5. The second-order valence-electron chi connectivity index (χ2n) is 8.10. The van der Waals surface area contributed by atoms with Crippen LogP contribution in [0, 0.1) is 0 Å². The minimum absolute atomic E-state index is 0.0222. The van der Waals surface area contributed by atoms with Gasteiger partial charge in [0.1, 0.15) is 11.5 Å². The third kappa shape index (κ3) is 5.77. The number of hydrogen-bond acceptors (Lipinski definition) is 7. The van der Waals surface area contributed by atoms with Crippen molar-refractivity contribution in [3.8, 4) is 11.5 Å². The molecule has 7 nitrogen and oxygen atoms in total. The van der Waals surface area contributed by atoms with E-state index in [0.717, 1.165) is 44.0 Å². The molecule has 32 heavy (non-hydrogen) atoms. The summed E-state index contributed by atoms with van der Waals surface area (Å²) in [6.45, 7) is 8.34. The number of benzene rings is 2. The number of phenols is 1. The van der Waals surface area contributed by atoms with E-state index in [-0.39, 0.29) is 17.8 Å². The second kappa shape index (κ2) is 10.0. The first-order chi connectivity index (χ1) is 15.5. The lowest BCUT2D eigenvalue weighted by Gasteiger charge is -2.36. The molecule has 168 valence electrons. The number of piperazine rings is 1. The number of nitrogens with one attached hydrogen (secondary N) is 1. The van der Waals surface area contributed by atoms with Gasteiger partial charge in [-0.3, -0.25) is 15.0 Å². The molecule has 0 radical (unpaired) electrons. The van der Waals surface area contributed by atoms with Crippen molar-refractivity contribution in [2.24, 2.45) is 0 Å². The second-order valence-corrected chi connectivity index (χ2v) is 9.00. The quantitative estimate of drug-likeness (QED) is 0.559. The number of anilines is 2. The molecular weight excluding hydrogens is 424 g/mol. The van der Waals surface area contributed by atoms with Crippen molar-refractivity contribution in [1.29, 1.82) is 0 Å². The SMILES string of the molecule is CC(C)Oc1cc(CN2CCN(c3ccc(O)cc3)CC2)cc(C(=O)Nc2nccs2)c1. The average Bonchev–Trinajstić information content (AvgIpc) is 3.27. The Morgan fingerprint density at radius 2 is 1.91 bits per heavy atom. The van der Waals surface area contributed by atoms with Crippen LogP contribution in [0.3, 0.4) is 0 Å². The highest BCUT2D eigenvalue weighted by molar-refractivity contribution is 7.13.